The van der Waals surface area contributed by atoms with Gasteiger partial charge >= 0.3 is 0 Å². The highest BCUT2D eigenvalue weighted by atomic mass is 35.5. The van der Waals surface area contributed by atoms with Crippen molar-refractivity contribution in [2.24, 2.45) is 0 Å². The monoisotopic (exact) mass is 287 g/mol. The molecular weight excluding hydrogens is 277 g/mol. The largest absolute Gasteiger partial charge is 0.396 e. The first-order chi connectivity index (χ1) is 8.16. The molecule has 0 saturated carbocycles. The van der Waals surface area contributed by atoms with E-state index in [-0.39, 0.29) is 0 Å². The van der Waals surface area contributed by atoms with E-state index in [4.69, 9.17) is 28.9 Å². The molecule has 0 spiro atoms. The molecule has 1 aromatic heterocycles. The van der Waals surface area contributed by atoms with Gasteiger partial charge < -0.3 is 11.1 Å². The summed E-state index contributed by atoms with van der Waals surface area (Å²) in [7, 11) is 0. The highest BCUT2D eigenvalue weighted by Crippen LogP contribution is 2.28. The first kappa shape index (κ1) is 12.6. The van der Waals surface area contributed by atoms with Gasteiger partial charge in [-0.1, -0.05) is 23.2 Å². The standard InChI is InChI=1S/C11H11Cl2N3S/c12-8-3-7(4-9(13)11(8)14)5-15-6-10-16-1-2-17-10/h1-4,15H,5-6,14H2. The second-order valence-corrected chi connectivity index (χ2v) is 5.30. The molecule has 0 aliphatic heterocycles. The van der Waals surface area contributed by atoms with Crippen LogP contribution < -0.4 is 11.1 Å². The van der Waals surface area contributed by atoms with E-state index in [1.807, 2.05) is 17.5 Å². The zero-order valence-corrected chi connectivity index (χ0v) is 11.2. The van der Waals surface area contributed by atoms with Gasteiger partial charge in [-0.3, -0.25) is 0 Å². The molecule has 3 nitrogen and oxygen atoms in total. The average molecular weight is 288 g/mol. The maximum absolute atomic E-state index is 5.95. The fourth-order valence-corrected chi connectivity index (χ4v) is 2.51. The molecule has 0 unspecified atom stereocenters. The molecule has 2 aromatic rings. The third-order valence-corrected chi connectivity index (χ3v) is 3.63. The van der Waals surface area contributed by atoms with Crippen LogP contribution in [0.15, 0.2) is 23.7 Å². The van der Waals surface area contributed by atoms with Crippen molar-refractivity contribution in [2.75, 3.05) is 5.73 Å². The Bertz CT molecular complexity index is 476. The zero-order chi connectivity index (χ0) is 12.3. The molecule has 0 radical (unpaired) electrons. The first-order valence-corrected chi connectivity index (χ1v) is 6.63. The van der Waals surface area contributed by atoms with E-state index >= 15 is 0 Å². The molecule has 17 heavy (non-hydrogen) atoms. The van der Waals surface area contributed by atoms with Gasteiger partial charge in [0.05, 0.1) is 15.7 Å². The Morgan fingerprint density at radius 2 is 1.94 bits per heavy atom. The van der Waals surface area contributed by atoms with Crippen molar-refractivity contribution in [3.8, 4) is 0 Å². The quantitative estimate of drug-likeness (QED) is 0.848. The Hall–Kier alpha value is -0.810. The van der Waals surface area contributed by atoms with Crippen LogP contribution >= 0.6 is 34.5 Å². The fourth-order valence-electron chi connectivity index (χ4n) is 1.39. The fraction of sp³-hybridized carbons (Fsp3) is 0.182. The summed E-state index contributed by atoms with van der Waals surface area (Å²) < 4.78 is 0. The molecule has 0 aliphatic carbocycles. The number of thiazole rings is 1. The SMILES string of the molecule is Nc1c(Cl)cc(CNCc2nccs2)cc1Cl. The van der Waals surface area contributed by atoms with Gasteiger partial charge in [0.15, 0.2) is 0 Å². The highest BCUT2D eigenvalue weighted by Gasteiger charge is 2.04. The summed E-state index contributed by atoms with van der Waals surface area (Å²) in [6.07, 6.45) is 1.79. The van der Waals surface area contributed by atoms with Crippen LogP contribution in [0, 0.1) is 0 Å². The van der Waals surface area contributed by atoms with Crippen molar-refractivity contribution < 1.29 is 0 Å². The number of hydrogen-bond donors (Lipinski definition) is 2. The van der Waals surface area contributed by atoms with Crippen molar-refractivity contribution in [1.29, 1.82) is 0 Å². The Kier molecular flexibility index (Phi) is 4.23. The van der Waals surface area contributed by atoms with Crippen molar-refractivity contribution in [2.45, 2.75) is 13.1 Å². The summed E-state index contributed by atoms with van der Waals surface area (Å²) in [5, 5.41) is 7.25. The van der Waals surface area contributed by atoms with Gasteiger partial charge in [0, 0.05) is 24.7 Å². The lowest BCUT2D eigenvalue weighted by Gasteiger charge is -2.07. The molecule has 0 saturated heterocycles. The molecule has 2 rings (SSSR count). The summed E-state index contributed by atoms with van der Waals surface area (Å²) in [6, 6.07) is 3.63. The molecule has 0 aliphatic rings. The van der Waals surface area contributed by atoms with Crippen molar-refractivity contribution in [3.05, 3.63) is 44.3 Å². The number of rotatable bonds is 4. The smallest absolute Gasteiger partial charge is 0.106 e. The maximum Gasteiger partial charge on any atom is 0.106 e. The van der Waals surface area contributed by atoms with Crippen LogP contribution in [0.5, 0.6) is 0 Å². The van der Waals surface area contributed by atoms with Gasteiger partial charge in [0.25, 0.3) is 0 Å². The van der Waals surface area contributed by atoms with E-state index in [0.29, 0.717) is 22.3 Å². The Labute approximate surface area is 114 Å². The van der Waals surface area contributed by atoms with E-state index in [9.17, 15) is 0 Å². The molecule has 1 heterocycles. The number of nitrogens with two attached hydrogens (primary N) is 1. The summed E-state index contributed by atoms with van der Waals surface area (Å²) in [6.45, 7) is 1.41. The van der Waals surface area contributed by atoms with Crippen LogP contribution in [0.4, 0.5) is 5.69 Å². The molecule has 0 amide bonds. The van der Waals surface area contributed by atoms with Gasteiger partial charge in [-0.2, -0.15) is 0 Å². The second-order valence-electron chi connectivity index (χ2n) is 3.50. The van der Waals surface area contributed by atoms with Crippen molar-refractivity contribution >= 4 is 40.2 Å². The van der Waals surface area contributed by atoms with Gasteiger partial charge in [0.1, 0.15) is 5.01 Å². The van der Waals surface area contributed by atoms with E-state index in [1.54, 1.807) is 17.5 Å². The zero-order valence-electron chi connectivity index (χ0n) is 8.91. The first-order valence-electron chi connectivity index (χ1n) is 4.99. The van der Waals surface area contributed by atoms with E-state index < -0.39 is 0 Å². The van der Waals surface area contributed by atoms with Gasteiger partial charge in [0.2, 0.25) is 0 Å². The number of nitrogens with one attached hydrogen (secondary N) is 1. The number of nitrogens with zero attached hydrogens (tertiary/aromatic N) is 1. The lowest BCUT2D eigenvalue weighted by Crippen LogP contribution is -2.12. The van der Waals surface area contributed by atoms with Crippen LogP contribution in [0.1, 0.15) is 10.6 Å². The molecule has 0 atom stereocenters. The minimum absolute atomic E-state index is 0.428. The van der Waals surface area contributed by atoms with E-state index in [2.05, 4.69) is 10.3 Å². The van der Waals surface area contributed by atoms with Gasteiger partial charge in [-0.25, -0.2) is 4.98 Å². The van der Waals surface area contributed by atoms with Crippen LogP contribution in [0.3, 0.4) is 0 Å². The minimum atomic E-state index is 0.428. The number of benzene rings is 1. The van der Waals surface area contributed by atoms with Crippen LogP contribution in [0.25, 0.3) is 0 Å². The normalized spacial score (nSPS) is 10.7. The molecule has 6 heteroatoms. The van der Waals surface area contributed by atoms with Crippen LogP contribution in [0.2, 0.25) is 10.0 Å². The summed E-state index contributed by atoms with van der Waals surface area (Å²) in [5.41, 5.74) is 7.10. The maximum atomic E-state index is 5.95. The second kappa shape index (κ2) is 5.69. The summed E-state index contributed by atoms with van der Waals surface area (Å²) >= 11 is 13.5. The summed E-state index contributed by atoms with van der Waals surface area (Å²) in [5.74, 6) is 0. The molecule has 1 aromatic carbocycles. The Morgan fingerprint density at radius 1 is 1.24 bits per heavy atom. The average Bonchev–Trinajstić information content (AvgIpc) is 2.79. The van der Waals surface area contributed by atoms with Crippen molar-refractivity contribution in [1.82, 2.24) is 10.3 Å². The third kappa shape index (κ3) is 3.33. The van der Waals surface area contributed by atoms with Gasteiger partial charge in [-0.15, -0.1) is 11.3 Å². The van der Waals surface area contributed by atoms with E-state index in [1.165, 1.54) is 0 Å². The summed E-state index contributed by atoms with van der Waals surface area (Å²) in [4.78, 5) is 4.18. The van der Waals surface area contributed by atoms with Gasteiger partial charge in [-0.05, 0) is 17.7 Å². The van der Waals surface area contributed by atoms with E-state index in [0.717, 1.165) is 17.1 Å². The number of hydrogen-bond acceptors (Lipinski definition) is 4. The Morgan fingerprint density at radius 3 is 2.53 bits per heavy atom. The number of nitrogen functional groups attached to an aromatic ring is 1. The molecule has 0 fully saturated rings. The third-order valence-electron chi connectivity index (χ3n) is 2.23. The minimum Gasteiger partial charge on any atom is -0.396 e. The number of anilines is 1. The molecule has 0 bridgehead atoms. The number of halogens is 2. The molecule has 90 valence electrons. The topological polar surface area (TPSA) is 50.9 Å². The molecule has 3 N–H and O–H groups in total. The lowest BCUT2D eigenvalue weighted by molar-refractivity contribution is 0.690. The predicted molar refractivity (Wildman–Crippen MR) is 73.5 cm³/mol. The Balaban J connectivity index is 1.95. The van der Waals surface area contributed by atoms with Crippen LogP contribution in [-0.4, -0.2) is 4.98 Å². The lowest BCUT2D eigenvalue weighted by atomic mass is 10.2. The predicted octanol–water partition coefficient (Wildman–Crippen LogP) is 3.32. The van der Waals surface area contributed by atoms with Crippen LogP contribution in [-0.2, 0) is 13.1 Å². The number of aromatic nitrogens is 1. The molecular formula is C11H11Cl2N3S. The van der Waals surface area contributed by atoms with Crippen molar-refractivity contribution in [3.63, 3.8) is 0 Å². The highest BCUT2D eigenvalue weighted by molar-refractivity contribution is 7.09.